The summed E-state index contributed by atoms with van der Waals surface area (Å²) in [6.07, 6.45) is 6.92. The number of nitrogens with two attached hydrogens (primary N) is 1. The third kappa shape index (κ3) is 5.97. The molecule has 2 N–H and O–H groups in total. The molecule has 0 amide bonds. The molecule has 1 fully saturated rings. The molecule has 0 aliphatic heterocycles. The highest BCUT2D eigenvalue weighted by Crippen LogP contribution is 2.38. The molecule has 1 aromatic carbocycles. The van der Waals surface area contributed by atoms with Crippen LogP contribution in [-0.2, 0) is 9.53 Å². The molecule has 1 saturated carbocycles. The van der Waals surface area contributed by atoms with Crippen LogP contribution in [0.3, 0.4) is 0 Å². The van der Waals surface area contributed by atoms with Crippen molar-refractivity contribution in [2.24, 2.45) is 23.5 Å². The van der Waals surface area contributed by atoms with Crippen LogP contribution in [0, 0.1) is 17.8 Å². The van der Waals surface area contributed by atoms with Crippen molar-refractivity contribution in [3.8, 4) is 28.4 Å². The number of nitrogens with zero attached hydrogens (tertiary/aromatic N) is 4. The molecule has 0 spiro atoms. The Labute approximate surface area is 236 Å². The number of carbonyl (C=O) groups excluding carboxylic acids is 1. The van der Waals surface area contributed by atoms with Gasteiger partial charge in [-0.25, -0.2) is 4.52 Å². The Morgan fingerprint density at radius 1 is 1.15 bits per heavy atom. The Balaban J connectivity index is 1.32. The quantitative estimate of drug-likeness (QED) is 0.269. The molecular weight excluding hydrogens is 534 g/mol. The SMILES string of the molecule is COc1cc(-n2cnn3cc(-c4ccc(Cl)cn4)cc3c2=O)ccc1OCC(COC(=O)[C@@H](N)C(C)C)C1CC1. The molecule has 210 valence electrons. The predicted octanol–water partition coefficient (Wildman–Crippen LogP) is 4.14. The minimum absolute atomic E-state index is 0.00886. The molecule has 0 saturated heterocycles. The van der Waals surface area contributed by atoms with Crippen molar-refractivity contribution in [3.05, 3.63) is 70.5 Å². The molecule has 2 atom stereocenters. The van der Waals surface area contributed by atoms with E-state index in [1.807, 2.05) is 13.8 Å². The lowest BCUT2D eigenvalue weighted by Crippen LogP contribution is -2.38. The number of fused-ring (bicyclic) bond motifs is 1. The Kier molecular flexibility index (Phi) is 8.09. The van der Waals surface area contributed by atoms with E-state index in [1.165, 1.54) is 15.4 Å². The van der Waals surface area contributed by atoms with Crippen LogP contribution in [0.15, 0.2) is 59.9 Å². The fraction of sp³-hybridized carbons (Fsp3) is 0.379. The first-order chi connectivity index (χ1) is 19.2. The zero-order valence-corrected chi connectivity index (χ0v) is 23.4. The van der Waals surface area contributed by atoms with Gasteiger partial charge in [0.2, 0.25) is 0 Å². The minimum Gasteiger partial charge on any atom is -0.493 e. The van der Waals surface area contributed by atoms with Crippen LogP contribution in [-0.4, -0.2) is 51.5 Å². The number of benzene rings is 1. The maximum absolute atomic E-state index is 13.4. The number of hydrogen-bond donors (Lipinski definition) is 1. The Hall–Kier alpha value is -3.89. The van der Waals surface area contributed by atoms with Crippen LogP contribution >= 0.6 is 11.6 Å². The normalized spacial score (nSPS) is 14.8. The Morgan fingerprint density at radius 3 is 2.62 bits per heavy atom. The molecule has 4 aromatic rings. The molecule has 1 aliphatic carbocycles. The molecule has 1 unspecified atom stereocenters. The maximum atomic E-state index is 13.4. The number of halogens is 1. The van der Waals surface area contributed by atoms with Gasteiger partial charge < -0.3 is 19.9 Å². The summed E-state index contributed by atoms with van der Waals surface area (Å²) >= 11 is 5.95. The monoisotopic (exact) mass is 565 g/mol. The van der Waals surface area contributed by atoms with Gasteiger partial charge in [0, 0.05) is 29.9 Å². The topological polar surface area (TPSA) is 123 Å². The van der Waals surface area contributed by atoms with Gasteiger partial charge in [-0.05, 0) is 55.0 Å². The van der Waals surface area contributed by atoms with Crippen molar-refractivity contribution in [2.75, 3.05) is 20.3 Å². The number of rotatable bonds is 11. The molecule has 5 rings (SSSR count). The van der Waals surface area contributed by atoms with Gasteiger partial charge in [-0.3, -0.25) is 19.1 Å². The first kappa shape index (κ1) is 27.7. The lowest BCUT2D eigenvalue weighted by molar-refractivity contribution is -0.148. The van der Waals surface area contributed by atoms with Gasteiger partial charge in [-0.2, -0.15) is 5.10 Å². The van der Waals surface area contributed by atoms with Crippen molar-refractivity contribution >= 4 is 23.1 Å². The average molecular weight is 566 g/mol. The van der Waals surface area contributed by atoms with Crippen LogP contribution < -0.4 is 20.8 Å². The Morgan fingerprint density at radius 2 is 1.95 bits per heavy atom. The molecular formula is C29H32ClN5O5. The van der Waals surface area contributed by atoms with E-state index in [0.29, 0.717) is 45.9 Å². The third-order valence-corrected chi connectivity index (χ3v) is 7.37. The number of esters is 1. The minimum atomic E-state index is -0.641. The lowest BCUT2D eigenvalue weighted by Gasteiger charge is -2.21. The van der Waals surface area contributed by atoms with Crippen molar-refractivity contribution in [3.63, 3.8) is 0 Å². The molecule has 0 bridgehead atoms. The fourth-order valence-electron chi connectivity index (χ4n) is 4.43. The van der Waals surface area contributed by atoms with Gasteiger partial charge in [0.15, 0.2) is 11.5 Å². The molecule has 0 radical (unpaired) electrons. The highest BCUT2D eigenvalue weighted by Gasteiger charge is 2.33. The molecule has 3 heterocycles. The van der Waals surface area contributed by atoms with Crippen LogP contribution in [0.25, 0.3) is 22.5 Å². The first-order valence-electron chi connectivity index (χ1n) is 13.2. The van der Waals surface area contributed by atoms with Gasteiger partial charge in [0.25, 0.3) is 5.56 Å². The van der Waals surface area contributed by atoms with E-state index < -0.39 is 12.0 Å². The third-order valence-electron chi connectivity index (χ3n) is 7.15. The second-order valence-electron chi connectivity index (χ2n) is 10.4. The van der Waals surface area contributed by atoms with Gasteiger partial charge in [0.05, 0.1) is 36.7 Å². The number of methoxy groups -OCH3 is 1. The number of hydrogen-bond acceptors (Lipinski definition) is 8. The lowest BCUT2D eigenvalue weighted by atomic mass is 10.1. The van der Waals surface area contributed by atoms with E-state index in [0.717, 1.165) is 18.4 Å². The van der Waals surface area contributed by atoms with Crippen LogP contribution in [0.2, 0.25) is 5.02 Å². The highest BCUT2D eigenvalue weighted by molar-refractivity contribution is 6.30. The predicted molar refractivity (Wildman–Crippen MR) is 151 cm³/mol. The van der Waals surface area contributed by atoms with Gasteiger partial charge >= 0.3 is 5.97 Å². The molecule has 10 nitrogen and oxygen atoms in total. The molecule has 3 aromatic heterocycles. The van der Waals surface area contributed by atoms with E-state index in [2.05, 4.69) is 10.1 Å². The van der Waals surface area contributed by atoms with Crippen molar-refractivity contribution in [2.45, 2.75) is 32.7 Å². The van der Waals surface area contributed by atoms with Crippen LogP contribution in [0.1, 0.15) is 26.7 Å². The molecule has 40 heavy (non-hydrogen) atoms. The molecule has 11 heteroatoms. The summed E-state index contributed by atoms with van der Waals surface area (Å²) in [5.74, 6) is 1.12. The summed E-state index contributed by atoms with van der Waals surface area (Å²) in [7, 11) is 1.54. The fourth-order valence-corrected chi connectivity index (χ4v) is 4.54. The number of ether oxygens (including phenoxy) is 3. The average Bonchev–Trinajstić information content (AvgIpc) is 3.70. The summed E-state index contributed by atoms with van der Waals surface area (Å²) in [5, 5.41) is 4.94. The summed E-state index contributed by atoms with van der Waals surface area (Å²) in [4.78, 5) is 29.9. The van der Waals surface area contributed by atoms with Crippen molar-refractivity contribution < 1.29 is 19.0 Å². The van der Waals surface area contributed by atoms with Crippen molar-refractivity contribution in [1.82, 2.24) is 19.2 Å². The zero-order valence-electron chi connectivity index (χ0n) is 22.6. The van der Waals surface area contributed by atoms with E-state index >= 15 is 0 Å². The summed E-state index contributed by atoms with van der Waals surface area (Å²) in [6.45, 7) is 4.40. The van der Waals surface area contributed by atoms with Crippen LogP contribution in [0.4, 0.5) is 0 Å². The van der Waals surface area contributed by atoms with Crippen LogP contribution in [0.5, 0.6) is 11.5 Å². The van der Waals surface area contributed by atoms with E-state index in [1.54, 1.807) is 55.9 Å². The summed E-state index contributed by atoms with van der Waals surface area (Å²) in [6, 6.07) is 9.90. The molecule has 1 aliphatic rings. The summed E-state index contributed by atoms with van der Waals surface area (Å²) < 4.78 is 20.2. The number of aromatic nitrogens is 4. The maximum Gasteiger partial charge on any atom is 0.323 e. The summed E-state index contributed by atoms with van der Waals surface area (Å²) in [5.41, 5.74) is 8.08. The highest BCUT2D eigenvalue weighted by atomic mass is 35.5. The van der Waals surface area contributed by atoms with Gasteiger partial charge in [-0.1, -0.05) is 25.4 Å². The van der Waals surface area contributed by atoms with Gasteiger partial charge in [0.1, 0.15) is 17.9 Å². The standard InChI is InChI=1S/C29H32ClN5O5/c1-17(2)27(31)29(37)40-15-20(18-4-5-18)14-39-25-9-7-22(11-26(25)38-3)34-16-33-35-13-19(10-24(35)28(34)36)23-8-6-21(30)12-32-23/h6-13,16-18,20,27H,4-5,14-15,31H2,1-3H3/t20?,27-/m0/s1. The van der Waals surface area contributed by atoms with E-state index in [9.17, 15) is 9.59 Å². The van der Waals surface area contributed by atoms with Crippen molar-refractivity contribution in [1.29, 1.82) is 0 Å². The first-order valence-corrected chi connectivity index (χ1v) is 13.6. The zero-order chi connectivity index (χ0) is 28.4. The van der Waals surface area contributed by atoms with E-state index in [4.69, 9.17) is 31.5 Å². The Bertz CT molecular complexity index is 1560. The largest absolute Gasteiger partial charge is 0.493 e. The van der Waals surface area contributed by atoms with E-state index in [-0.39, 0.29) is 24.0 Å². The second kappa shape index (κ2) is 11.7. The van der Waals surface area contributed by atoms with Gasteiger partial charge in [-0.15, -0.1) is 0 Å². The number of carbonyl (C=O) groups is 1. The number of pyridine rings is 1. The smallest absolute Gasteiger partial charge is 0.323 e. The second-order valence-corrected chi connectivity index (χ2v) is 10.8.